The molecule has 2 atom stereocenters. The second kappa shape index (κ2) is 5.03. The predicted octanol–water partition coefficient (Wildman–Crippen LogP) is 2.59. The molecule has 15 heavy (non-hydrogen) atoms. The Kier molecular flexibility index (Phi) is 3.70. The van der Waals surface area contributed by atoms with Crippen molar-refractivity contribution in [3.63, 3.8) is 0 Å². The third kappa shape index (κ3) is 2.75. The number of hydrogen-bond acceptors (Lipinski definition) is 4. The Morgan fingerprint density at radius 2 is 2.33 bits per heavy atom. The monoisotopic (exact) mass is 226 g/mol. The lowest BCUT2D eigenvalue weighted by Crippen LogP contribution is -2.28. The van der Waals surface area contributed by atoms with E-state index < -0.39 is 0 Å². The van der Waals surface area contributed by atoms with Crippen LogP contribution in [0.25, 0.3) is 0 Å². The van der Waals surface area contributed by atoms with Gasteiger partial charge in [-0.15, -0.1) is 0 Å². The molecule has 1 aromatic heterocycles. The number of aryl methyl sites for hydroxylation is 1. The van der Waals surface area contributed by atoms with E-state index in [1.54, 1.807) is 18.0 Å². The second-order valence-electron chi connectivity index (χ2n) is 4.19. The summed E-state index contributed by atoms with van der Waals surface area (Å²) >= 11 is 1.76. The summed E-state index contributed by atoms with van der Waals surface area (Å²) in [6.45, 7) is 2.74. The van der Waals surface area contributed by atoms with Crippen molar-refractivity contribution in [1.82, 2.24) is 4.98 Å². The number of nitrogens with zero attached hydrogens (tertiary/aromatic N) is 1. The Labute approximate surface area is 94.8 Å². The van der Waals surface area contributed by atoms with Crippen LogP contribution in [-0.2, 0) is 0 Å². The van der Waals surface area contributed by atoms with Gasteiger partial charge in [-0.3, -0.25) is 0 Å². The SMILES string of the molecule is Cc1coc(SC2CCCCC2CN)n1. The van der Waals surface area contributed by atoms with Gasteiger partial charge in [-0.1, -0.05) is 24.6 Å². The quantitative estimate of drug-likeness (QED) is 0.860. The molecule has 3 nitrogen and oxygen atoms in total. The smallest absolute Gasteiger partial charge is 0.256 e. The number of oxazole rings is 1. The van der Waals surface area contributed by atoms with E-state index in [-0.39, 0.29) is 0 Å². The number of aromatic nitrogens is 1. The van der Waals surface area contributed by atoms with Crippen LogP contribution in [0.1, 0.15) is 31.4 Å². The maximum absolute atomic E-state index is 5.79. The Morgan fingerprint density at radius 3 is 3.00 bits per heavy atom. The van der Waals surface area contributed by atoms with Crippen molar-refractivity contribution in [1.29, 1.82) is 0 Å². The molecule has 0 spiro atoms. The number of thioether (sulfide) groups is 1. The highest BCUT2D eigenvalue weighted by molar-refractivity contribution is 7.99. The molecule has 1 saturated carbocycles. The average Bonchev–Trinajstić information content (AvgIpc) is 2.65. The summed E-state index contributed by atoms with van der Waals surface area (Å²) in [4.78, 5) is 4.33. The highest BCUT2D eigenvalue weighted by atomic mass is 32.2. The van der Waals surface area contributed by atoms with Crippen LogP contribution in [-0.4, -0.2) is 16.8 Å². The maximum atomic E-state index is 5.79. The fraction of sp³-hybridized carbons (Fsp3) is 0.727. The minimum atomic E-state index is 0.599. The van der Waals surface area contributed by atoms with Crippen molar-refractivity contribution in [2.45, 2.75) is 43.1 Å². The van der Waals surface area contributed by atoms with Gasteiger partial charge in [0.15, 0.2) is 0 Å². The highest BCUT2D eigenvalue weighted by Gasteiger charge is 2.26. The van der Waals surface area contributed by atoms with Gasteiger partial charge in [-0.2, -0.15) is 0 Å². The topological polar surface area (TPSA) is 52.0 Å². The zero-order valence-corrected chi connectivity index (χ0v) is 9.93. The molecule has 0 amide bonds. The van der Waals surface area contributed by atoms with E-state index in [4.69, 9.17) is 10.2 Å². The Balaban J connectivity index is 1.97. The average molecular weight is 226 g/mol. The highest BCUT2D eigenvalue weighted by Crippen LogP contribution is 2.36. The van der Waals surface area contributed by atoms with E-state index in [1.165, 1.54) is 25.7 Å². The van der Waals surface area contributed by atoms with Gasteiger partial charge in [0.2, 0.25) is 0 Å². The first-order valence-corrected chi connectivity index (χ1v) is 6.46. The van der Waals surface area contributed by atoms with Crippen LogP contribution in [0.4, 0.5) is 0 Å². The van der Waals surface area contributed by atoms with Crippen molar-refractivity contribution in [3.8, 4) is 0 Å². The van der Waals surface area contributed by atoms with Crippen LogP contribution < -0.4 is 5.73 Å². The van der Waals surface area contributed by atoms with Crippen LogP contribution in [0.15, 0.2) is 15.9 Å². The molecule has 0 aromatic carbocycles. The molecule has 1 aliphatic carbocycles. The molecule has 1 aliphatic rings. The summed E-state index contributed by atoms with van der Waals surface area (Å²) in [6, 6.07) is 0. The van der Waals surface area contributed by atoms with Gasteiger partial charge in [0.1, 0.15) is 6.26 Å². The zero-order chi connectivity index (χ0) is 10.7. The minimum absolute atomic E-state index is 0.599. The van der Waals surface area contributed by atoms with E-state index in [0.717, 1.165) is 17.5 Å². The number of nitrogens with two attached hydrogens (primary N) is 1. The maximum Gasteiger partial charge on any atom is 0.256 e. The minimum Gasteiger partial charge on any atom is -0.440 e. The molecular formula is C11H18N2OS. The molecule has 2 N–H and O–H groups in total. The lowest BCUT2D eigenvalue weighted by molar-refractivity contribution is 0.373. The number of hydrogen-bond donors (Lipinski definition) is 1. The van der Waals surface area contributed by atoms with Crippen LogP contribution >= 0.6 is 11.8 Å². The lowest BCUT2D eigenvalue weighted by Gasteiger charge is -2.28. The molecule has 2 rings (SSSR count). The molecule has 84 valence electrons. The van der Waals surface area contributed by atoms with E-state index >= 15 is 0 Å². The Hall–Kier alpha value is -0.480. The summed E-state index contributed by atoms with van der Waals surface area (Å²) in [5.41, 5.74) is 6.74. The first kappa shape index (κ1) is 11.0. The van der Waals surface area contributed by atoms with Gasteiger partial charge in [0.05, 0.1) is 5.69 Å². The first-order valence-electron chi connectivity index (χ1n) is 5.58. The summed E-state index contributed by atoms with van der Waals surface area (Å²) in [6.07, 6.45) is 6.85. The molecule has 0 saturated heterocycles. The molecule has 1 aromatic rings. The second-order valence-corrected chi connectivity index (χ2v) is 5.38. The van der Waals surface area contributed by atoms with Gasteiger partial charge < -0.3 is 10.2 Å². The van der Waals surface area contributed by atoms with E-state index in [0.29, 0.717) is 11.2 Å². The first-order chi connectivity index (χ1) is 7.29. The molecule has 4 heteroatoms. The van der Waals surface area contributed by atoms with Crippen molar-refractivity contribution in [2.75, 3.05) is 6.54 Å². The zero-order valence-electron chi connectivity index (χ0n) is 9.11. The van der Waals surface area contributed by atoms with Gasteiger partial charge in [-0.05, 0) is 32.2 Å². The van der Waals surface area contributed by atoms with Crippen LogP contribution in [0, 0.1) is 12.8 Å². The molecule has 1 fully saturated rings. The third-order valence-corrected chi connectivity index (χ3v) is 4.30. The Morgan fingerprint density at radius 1 is 1.53 bits per heavy atom. The molecule has 0 bridgehead atoms. The van der Waals surface area contributed by atoms with E-state index in [1.807, 2.05) is 6.92 Å². The molecule has 0 radical (unpaired) electrons. The van der Waals surface area contributed by atoms with Gasteiger partial charge in [0, 0.05) is 5.25 Å². The summed E-state index contributed by atoms with van der Waals surface area (Å²) in [5, 5.41) is 1.40. The van der Waals surface area contributed by atoms with Crippen molar-refractivity contribution in [3.05, 3.63) is 12.0 Å². The largest absolute Gasteiger partial charge is 0.440 e. The molecule has 0 aliphatic heterocycles. The fourth-order valence-electron chi connectivity index (χ4n) is 2.11. The number of rotatable bonds is 3. The van der Waals surface area contributed by atoms with Gasteiger partial charge in [0.25, 0.3) is 5.22 Å². The molecule has 2 unspecified atom stereocenters. The Bertz CT molecular complexity index is 313. The van der Waals surface area contributed by atoms with Crippen molar-refractivity contribution >= 4 is 11.8 Å². The normalized spacial score (nSPS) is 26.8. The van der Waals surface area contributed by atoms with Crippen molar-refractivity contribution in [2.24, 2.45) is 11.7 Å². The fourth-order valence-corrected chi connectivity index (χ4v) is 3.40. The van der Waals surface area contributed by atoms with Gasteiger partial charge >= 0.3 is 0 Å². The van der Waals surface area contributed by atoms with Crippen LogP contribution in [0.3, 0.4) is 0 Å². The van der Waals surface area contributed by atoms with Crippen LogP contribution in [0.5, 0.6) is 0 Å². The summed E-state index contributed by atoms with van der Waals surface area (Å²) in [7, 11) is 0. The summed E-state index contributed by atoms with van der Waals surface area (Å²) < 4.78 is 5.37. The third-order valence-electron chi connectivity index (χ3n) is 2.99. The van der Waals surface area contributed by atoms with E-state index in [2.05, 4.69) is 4.98 Å². The molecular weight excluding hydrogens is 208 g/mol. The lowest BCUT2D eigenvalue weighted by atomic mass is 9.89. The van der Waals surface area contributed by atoms with Crippen LogP contribution in [0.2, 0.25) is 0 Å². The summed E-state index contributed by atoms with van der Waals surface area (Å²) in [5.74, 6) is 0.635. The predicted molar refractivity (Wildman–Crippen MR) is 61.9 cm³/mol. The van der Waals surface area contributed by atoms with E-state index in [9.17, 15) is 0 Å². The molecule has 1 heterocycles. The van der Waals surface area contributed by atoms with Gasteiger partial charge in [-0.25, -0.2) is 4.98 Å². The van der Waals surface area contributed by atoms with Crippen molar-refractivity contribution < 1.29 is 4.42 Å². The standard InChI is InChI=1S/C11H18N2OS/c1-8-7-14-11(13-8)15-10-5-3-2-4-9(10)6-12/h7,9-10H,2-6,12H2,1H3.